The number of amides is 1. The quantitative estimate of drug-likeness (QED) is 0.925. The summed E-state index contributed by atoms with van der Waals surface area (Å²) in [7, 11) is 0. The highest BCUT2D eigenvalue weighted by atomic mass is 35.5. The van der Waals surface area contributed by atoms with E-state index in [1.165, 1.54) is 12.1 Å². The van der Waals surface area contributed by atoms with Gasteiger partial charge in [0.15, 0.2) is 0 Å². The Balaban J connectivity index is 1.66. The van der Waals surface area contributed by atoms with Gasteiger partial charge in [-0.1, -0.05) is 11.6 Å². The van der Waals surface area contributed by atoms with Gasteiger partial charge in [-0.2, -0.15) is 11.8 Å². The SMILES string of the molecule is O=C1[C@H](NC2CCSCC2)CCN1c1ccc(Cl)c(F)c1. The van der Waals surface area contributed by atoms with Gasteiger partial charge in [-0.3, -0.25) is 4.79 Å². The van der Waals surface area contributed by atoms with Crippen LogP contribution in [-0.2, 0) is 4.79 Å². The van der Waals surface area contributed by atoms with Crippen LogP contribution in [0.2, 0.25) is 5.02 Å². The zero-order chi connectivity index (χ0) is 14.8. The van der Waals surface area contributed by atoms with E-state index in [-0.39, 0.29) is 17.0 Å². The normalized spacial score (nSPS) is 23.8. The fourth-order valence-corrected chi connectivity index (χ4v) is 4.12. The van der Waals surface area contributed by atoms with Crippen molar-refractivity contribution in [1.29, 1.82) is 0 Å². The molecule has 0 saturated carbocycles. The van der Waals surface area contributed by atoms with Crippen molar-refractivity contribution in [1.82, 2.24) is 5.32 Å². The molecule has 2 heterocycles. The Bertz CT molecular complexity index is 536. The van der Waals surface area contributed by atoms with Crippen molar-refractivity contribution >= 4 is 35.0 Å². The summed E-state index contributed by atoms with van der Waals surface area (Å²) in [4.78, 5) is 14.1. The standard InChI is InChI=1S/C15H18ClFN2OS/c16-12-2-1-11(9-13(12)17)19-6-3-14(15(19)20)18-10-4-7-21-8-5-10/h1-2,9-10,14,18H,3-8H2/t14-/m1/s1. The third-order valence-corrected chi connectivity index (χ3v) is 5.43. The summed E-state index contributed by atoms with van der Waals surface area (Å²) in [6.45, 7) is 0.624. The fourth-order valence-electron chi connectivity index (χ4n) is 2.89. The highest BCUT2D eigenvalue weighted by Gasteiger charge is 2.34. The lowest BCUT2D eigenvalue weighted by Crippen LogP contribution is -2.45. The molecule has 0 bridgehead atoms. The Morgan fingerprint density at radius 1 is 1.29 bits per heavy atom. The molecule has 3 rings (SSSR count). The molecule has 0 radical (unpaired) electrons. The number of thioether (sulfide) groups is 1. The smallest absolute Gasteiger partial charge is 0.244 e. The second-order valence-corrected chi connectivity index (χ2v) is 7.11. The molecule has 0 aromatic heterocycles. The molecule has 0 unspecified atom stereocenters. The topological polar surface area (TPSA) is 32.3 Å². The third kappa shape index (κ3) is 3.35. The van der Waals surface area contributed by atoms with Crippen LogP contribution in [0.5, 0.6) is 0 Å². The Hall–Kier alpha value is -0.780. The lowest BCUT2D eigenvalue weighted by Gasteiger charge is -2.25. The molecule has 3 nitrogen and oxygen atoms in total. The van der Waals surface area contributed by atoms with Crippen LogP contribution in [0, 0.1) is 5.82 Å². The predicted octanol–water partition coefficient (Wildman–Crippen LogP) is 3.07. The molecule has 1 N–H and O–H groups in total. The molecule has 1 atom stereocenters. The van der Waals surface area contributed by atoms with Crippen molar-refractivity contribution in [2.24, 2.45) is 0 Å². The Morgan fingerprint density at radius 2 is 2.05 bits per heavy atom. The van der Waals surface area contributed by atoms with Crippen LogP contribution in [0.15, 0.2) is 18.2 Å². The first-order valence-corrected chi connectivity index (χ1v) is 8.78. The molecule has 2 aliphatic heterocycles. The summed E-state index contributed by atoms with van der Waals surface area (Å²) in [6, 6.07) is 4.82. The zero-order valence-corrected chi connectivity index (χ0v) is 13.2. The molecule has 1 amide bonds. The molecule has 114 valence electrons. The zero-order valence-electron chi connectivity index (χ0n) is 11.6. The largest absolute Gasteiger partial charge is 0.311 e. The number of rotatable bonds is 3. The van der Waals surface area contributed by atoms with E-state index in [9.17, 15) is 9.18 Å². The maximum absolute atomic E-state index is 13.5. The first kappa shape index (κ1) is 15.1. The number of halogens is 2. The summed E-state index contributed by atoms with van der Waals surface area (Å²) in [5, 5.41) is 3.55. The van der Waals surface area contributed by atoms with Crippen molar-refractivity contribution in [2.45, 2.75) is 31.3 Å². The van der Waals surface area contributed by atoms with Gasteiger partial charge in [-0.25, -0.2) is 4.39 Å². The van der Waals surface area contributed by atoms with Crippen molar-refractivity contribution in [3.05, 3.63) is 29.0 Å². The summed E-state index contributed by atoms with van der Waals surface area (Å²) < 4.78 is 13.5. The maximum atomic E-state index is 13.5. The highest BCUT2D eigenvalue weighted by Crippen LogP contribution is 2.26. The second kappa shape index (κ2) is 6.55. The number of anilines is 1. The van der Waals surface area contributed by atoms with E-state index in [0.29, 0.717) is 18.3 Å². The van der Waals surface area contributed by atoms with Crippen LogP contribution < -0.4 is 10.2 Å². The van der Waals surface area contributed by atoms with Gasteiger partial charge in [0.05, 0.1) is 11.1 Å². The summed E-state index contributed by atoms with van der Waals surface area (Å²) in [5.74, 6) is 1.87. The van der Waals surface area contributed by atoms with Gasteiger partial charge in [-0.05, 0) is 49.0 Å². The molecular weight excluding hydrogens is 311 g/mol. The van der Waals surface area contributed by atoms with Crippen LogP contribution in [0.4, 0.5) is 10.1 Å². The number of benzene rings is 1. The highest BCUT2D eigenvalue weighted by molar-refractivity contribution is 7.99. The van der Waals surface area contributed by atoms with Crippen molar-refractivity contribution in [3.63, 3.8) is 0 Å². The molecule has 21 heavy (non-hydrogen) atoms. The van der Waals surface area contributed by atoms with E-state index in [0.717, 1.165) is 30.8 Å². The average Bonchev–Trinajstić information content (AvgIpc) is 2.84. The summed E-state index contributed by atoms with van der Waals surface area (Å²) in [5.41, 5.74) is 0.588. The van der Waals surface area contributed by atoms with Gasteiger partial charge in [0, 0.05) is 18.3 Å². The number of hydrogen-bond acceptors (Lipinski definition) is 3. The van der Waals surface area contributed by atoms with E-state index >= 15 is 0 Å². The lowest BCUT2D eigenvalue weighted by atomic mass is 10.1. The number of nitrogens with zero attached hydrogens (tertiary/aromatic N) is 1. The Morgan fingerprint density at radius 3 is 2.76 bits per heavy atom. The maximum Gasteiger partial charge on any atom is 0.244 e. The number of hydrogen-bond donors (Lipinski definition) is 1. The first-order chi connectivity index (χ1) is 10.1. The van der Waals surface area contributed by atoms with E-state index in [4.69, 9.17) is 11.6 Å². The van der Waals surface area contributed by atoms with Gasteiger partial charge in [0.25, 0.3) is 0 Å². The first-order valence-electron chi connectivity index (χ1n) is 7.25. The molecule has 1 aromatic carbocycles. The molecule has 0 aliphatic carbocycles. The average molecular weight is 329 g/mol. The molecule has 2 fully saturated rings. The predicted molar refractivity (Wildman–Crippen MR) is 85.7 cm³/mol. The minimum Gasteiger partial charge on any atom is -0.311 e. The van der Waals surface area contributed by atoms with Crippen LogP contribution in [-0.4, -0.2) is 36.0 Å². The summed E-state index contributed by atoms with van der Waals surface area (Å²) >= 11 is 7.66. The van der Waals surface area contributed by atoms with Gasteiger partial charge in [0.2, 0.25) is 5.91 Å². The van der Waals surface area contributed by atoms with E-state index in [1.807, 2.05) is 11.8 Å². The van der Waals surface area contributed by atoms with E-state index in [2.05, 4.69) is 5.32 Å². The molecule has 2 saturated heterocycles. The monoisotopic (exact) mass is 328 g/mol. The van der Waals surface area contributed by atoms with Crippen LogP contribution in [0.25, 0.3) is 0 Å². The number of carbonyl (C=O) groups is 1. The van der Waals surface area contributed by atoms with E-state index < -0.39 is 5.82 Å². The summed E-state index contributed by atoms with van der Waals surface area (Å²) in [6.07, 6.45) is 3.00. The second-order valence-electron chi connectivity index (χ2n) is 5.48. The molecule has 6 heteroatoms. The third-order valence-electron chi connectivity index (χ3n) is 4.08. The van der Waals surface area contributed by atoms with Crippen LogP contribution >= 0.6 is 23.4 Å². The van der Waals surface area contributed by atoms with Crippen LogP contribution in [0.3, 0.4) is 0 Å². The van der Waals surface area contributed by atoms with Gasteiger partial charge in [0.1, 0.15) is 5.82 Å². The lowest BCUT2D eigenvalue weighted by molar-refractivity contribution is -0.119. The Labute approximate surface area is 133 Å². The molecule has 2 aliphatic rings. The van der Waals surface area contributed by atoms with Crippen molar-refractivity contribution < 1.29 is 9.18 Å². The number of nitrogens with one attached hydrogen (secondary N) is 1. The molecule has 0 spiro atoms. The molecule has 1 aromatic rings. The Kier molecular flexibility index (Phi) is 4.72. The fraction of sp³-hybridized carbons (Fsp3) is 0.533. The number of carbonyl (C=O) groups excluding carboxylic acids is 1. The van der Waals surface area contributed by atoms with Gasteiger partial charge >= 0.3 is 0 Å². The minimum absolute atomic E-state index is 0.0370. The van der Waals surface area contributed by atoms with Crippen LogP contribution in [0.1, 0.15) is 19.3 Å². The molecular formula is C15H18ClFN2OS. The van der Waals surface area contributed by atoms with Crippen molar-refractivity contribution in [2.75, 3.05) is 23.0 Å². The minimum atomic E-state index is -0.484. The van der Waals surface area contributed by atoms with Crippen molar-refractivity contribution in [3.8, 4) is 0 Å². The van der Waals surface area contributed by atoms with Gasteiger partial charge in [-0.15, -0.1) is 0 Å². The van der Waals surface area contributed by atoms with E-state index in [1.54, 1.807) is 11.0 Å². The van der Waals surface area contributed by atoms with Gasteiger partial charge < -0.3 is 10.2 Å².